The molecule has 9 heteroatoms. The number of rotatable bonds is 4. The van der Waals surface area contributed by atoms with E-state index in [1.54, 1.807) is 4.90 Å². The molecule has 0 saturated carbocycles. The first-order valence-corrected chi connectivity index (χ1v) is 9.33. The molecule has 1 amide bonds. The van der Waals surface area contributed by atoms with Crippen molar-refractivity contribution in [2.45, 2.75) is 19.4 Å². The fourth-order valence-electron chi connectivity index (χ4n) is 2.94. The van der Waals surface area contributed by atoms with Crippen molar-refractivity contribution in [3.63, 3.8) is 0 Å². The summed E-state index contributed by atoms with van der Waals surface area (Å²) in [4.78, 5) is 16.3. The van der Waals surface area contributed by atoms with Gasteiger partial charge in [-0.25, -0.2) is 0 Å². The Morgan fingerprint density at radius 2 is 1.74 bits per heavy atom. The van der Waals surface area contributed by atoms with Crippen molar-refractivity contribution in [2.75, 3.05) is 66.5 Å². The average molecular weight is 348 g/mol. The standard InChI is InChI=1S/C14H28N4O4S/c1-14(2)12-16(9-10-22-14)11-13(19)17-5-7-18(8-6-17)23(20,21)15(3)4/h5-12H2,1-4H3. The fraction of sp³-hybridized carbons (Fsp3) is 0.929. The molecule has 0 radical (unpaired) electrons. The van der Waals surface area contributed by atoms with Crippen LogP contribution in [0.15, 0.2) is 0 Å². The number of carbonyl (C=O) groups is 1. The van der Waals surface area contributed by atoms with E-state index in [1.807, 2.05) is 13.8 Å². The number of amides is 1. The van der Waals surface area contributed by atoms with Gasteiger partial charge in [-0.05, 0) is 13.8 Å². The number of hydrogen-bond acceptors (Lipinski definition) is 5. The summed E-state index contributed by atoms with van der Waals surface area (Å²) in [6.07, 6.45) is 0. The second-order valence-electron chi connectivity index (χ2n) is 6.89. The van der Waals surface area contributed by atoms with Crippen molar-refractivity contribution in [3.05, 3.63) is 0 Å². The summed E-state index contributed by atoms with van der Waals surface area (Å²) in [7, 11) is -0.348. The molecule has 0 spiro atoms. The normalized spacial score (nSPS) is 24.1. The van der Waals surface area contributed by atoms with Gasteiger partial charge in [-0.2, -0.15) is 17.0 Å². The molecular formula is C14H28N4O4S. The summed E-state index contributed by atoms with van der Waals surface area (Å²) in [6.45, 7) is 8.12. The molecule has 0 aromatic heterocycles. The first-order valence-electron chi connectivity index (χ1n) is 7.93. The zero-order valence-electron chi connectivity index (χ0n) is 14.5. The third kappa shape index (κ3) is 4.63. The van der Waals surface area contributed by atoms with Crippen molar-refractivity contribution in [2.24, 2.45) is 0 Å². The maximum Gasteiger partial charge on any atom is 0.281 e. The van der Waals surface area contributed by atoms with Crippen molar-refractivity contribution in [1.29, 1.82) is 0 Å². The SMILES string of the molecule is CN(C)S(=O)(=O)N1CCN(C(=O)CN2CCOC(C)(C)C2)CC1. The first kappa shape index (κ1) is 18.6. The van der Waals surface area contributed by atoms with Crippen LogP contribution in [-0.2, 0) is 19.7 Å². The highest BCUT2D eigenvalue weighted by Gasteiger charge is 2.32. The van der Waals surface area contributed by atoms with Gasteiger partial charge in [0, 0.05) is 53.4 Å². The Kier molecular flexibility index (Phi) is 5.68. The fourth-order valence-corrected chi connectivity index (χ4v) is 4.03. The Balaban J connectivity index is 1.84. The Bertz CT molecular complexity index is 527. The number of nitrogens with zero attached hydrogens (tertiary/aromatic N) is 4. The summed E-state index contributed by atoms with van der Waals surface area (Å²) in [5.74, 6) is 0.0598. The molecule has 134 valence electrons. The Hall–Kier alpha value is -0.740. The predicted octanol–water partition coefficient (Wildman–Crippen LogP) is -0.952. The smallest absolute Gasteiger partial charge is 0.281 e. The number of morpholine rings is 1. The minimum absolute atomic E-state index is 0.0598. The van der Waals surface area contributed by atoms with Gasteiger partial charge in [-0.1, -0.05) is 0 Å². The summed E-state index contributed by atoms with van der Waals surface area (Å²) in [6, 6.07) is 0. The van der Waals surface area contributed by atoms with Gasteiger partial charge < -0.3 is 9.64 Å². The van der Waals surface area contributed by atoms with E-state index < -0.39 is 10.2 Å². The third-order valence-electron chi connectivity index (χ3n) is 4.24. The zero-order chi connectivity index (χ0) is 17.3. The molecule has 0 atom stereocenters. The Labute approximate surface area is 139 Å². The van der Waals surface area contributed by atoms with Crippen LogP contribution in [0.4, 0.5) is 0 Å². The molecule has 0 unspecified atom stereocenters. The van der Waals surface area contributed by atoms with Gasteiger partial charge in [0.15, 0.2) is 0 Å². The monoisotopic (exact) mass is 348 g/mol. The van der Waals surface area contributed by atoms with Crippen LogP contribution >= 0.6 is 0 Å². The minimum atomic E-state index is -3.39. The van der Waals surface area contributed by atoms with Gasteiger partial charge in [-0.3, -0.25) is 9.69 Å². The summed E-state index contributed by atoms with van der Waals surface area (Å²) in [5.41, 5.74) is -0.225. The highest BCUT2D eigenvalue weighted by molar-refractivity contribution is 7.86. The molecule has 2 aliphatic heterocycles. The van der Waals surface area contributed by atoms with Gasteiger partial charge in [0.25, 0.3) is 10.2 Å². The predicted molar refractivity (Wildman–Crippen MR) is 87.2 cm³/mol. The lowest BCUT2D eigenvalue weighted by atomic mass is 10.1. The van der Waals surface area contributed by atoms with E-state index in [4.69, 9.17) is 4.74 Å². The van der Waals surface area contributed by atoms with Crippen LogP contribution in [0.3, 0.4) is 0 Å². The van der Waals surface area contributed by atoms with Crippen molar-refractivity contribution < 1.29 is 17.9 Å². The maximum absolute atomic E-state index is 12.4. The lowest BCUT2D eigenvalue weighted by Crippen LogP contribution is -2.56. The number of carbonyl (C=O) groups excluding carboxylic acids is 1. The van der Waals surface area contributed by atoms with Gasteiger partial charge in [0.2, 0.25) is 5.91 Å². The highest BCUT2D eigenvalue weighted by atomic mass is 32.2. The molecule has 2 saturated heterocycles. The topological polar surface area (TPSA) is 73.4 Å². The molecule has 2 rings (SSSR count). The van der Waals surface area contributed by atoms with Crippen LogP contribution in [0.1, 0.15) is 13.8 Å². The van der Waals surface area contributed by atoms with E-state index in [-0.39, 0.29) is 11.5 Å². The molecule has 2 fully saturated rings. The van der Waals surface area contributed by atoms with Crippen molar-refractivity contribution >= 4 is 16.1 Å². The second kappa shape index (κ2) is 7.02. The molecular weight excluding hydrogens is 320 g/mol. The molecule has 0 aromatic rings. The van der Waals surface area contributed by atoms with Crippen LogP contribution in [0.2, 0.25) is 0 Å². The van der Waals surface area contributed by atoms with E-state index in [1.165, 1.54) is 22.7 Å². The molecule has 0 bridgehead atoms. The van der Waals surface area contributed by atoms with Crippen LogP contribution in [0.5, 0.6) is 0 Å². The average Bonchev–Trinajstić information content (AvgIpc) is 2.46. The molecule has 23 heavy (non-hydrogen) atoms. The lowest BCUT2D eigenvalue weighted by molar-refractivity contribution is -0.138. The molecule has 0 aliphatic carbocycles. The van der Waals surface area contributed by atoms with Crippen molar-refractivity contribution in [1.82, 2.24) is 18.4 Å². The molecule has 0 N–H and O–H groups in total. The second-order valence-corrected chi connectivity index (χ2v) is 9.03. The van der Waals surface area contributed by atoms with E-state index in [0.29, 0.717) is 39.3 Å². The summed E-state index contributed by atoms with van der Waals surface area (Å²) in [5, 5.41) is 0. The van der Waals surface area contributed by atoms with Gasteiger partial charge in [0.1, 0.15) is 0 Å². The van der Waals surface area contributed by atoms with Gasteiger partial charge >= 0.3 is 0 Å². The Morgan fingerprint density at radius 1 is 1.13 bits per heavy atom. The molecule has 2 heterocycles. The van der Waals surface area contributed by atoms with Crippen LogP contribution < -0.4 is 0 Å². The van der Waals surface area contributed by atoms with Crippen LogP contribution in [0.25, 0.3) is 0 Å². The number of ether oxygens (including phenoxy) is 1. The van der Waals surface area contributed by atoms with Crippen LogP contribution in [-0.4, -0.2) is 105 Å². The summed E-state index contributed by atoms with van der Waals surface area (Å²) >= 11 is 0. The maximum atomic E-state index is 12.4. The number of piperazine rings is 1. The van der Waals surface area contributed by atoms with Gasteiger partial charge in [0.05, 0.1) is 18.8 Å². The molecule has 8 nitrogen and oxygen atoms in total. The molecule has 2 aliphatic rings. The largest absolute Gasteiger partial charge is 0.373 e. The van der Waals surface area contributed by atoms with Crippen molar-refractivity contribution in [3.8, 4) is 0 Å². The van der Waals surface area contributed by atoms with E-state index >= 15 is 0 Å². The highest BCUT2D eigenvalue weighted by Crippen LogP contribution is 2.17. The van der Waals surface area contributed by atoms with Crippen LogP contribution in [0, 0.1) is 0 Å². The third-order valence-corrected chi connectivity index (χ3v) is 6.18. The Morgan fingerprint density at radius 3 is 2.26 bits per heavy atom. The first-order chi connectivity index (χ1) is 10.6. The zero-order valence-corrected chi connectivity index (χ0v) is 15.3. The van der Waals surface area contributed by atoms with E-state index in [0.717, 1.165) is 13.1 Å². The van der Waals surface area contributed by atoms with E-state index in [2.05, 4.69) is 4.90 Å². The van der Waals surface area contributed by atoms with E-state index in [9.17, 15) is 13.2 Å². The minimum Gasteiger partial charge on any atom is -0.373 e. The lowest BCUT2D eigenvalue weighted by Gasteiger charge is -2.40. The number of hydrogen-bond donors (Lipinski definition) is 0. The summed E-state index contributed by atoms with van der Waals surface area (Å²) < 4.78 is 32.4. The molecule has 0 aromatic carbocycles. The van der Waals surface area contributed by atoms with Gasteiger partial charge in [-0.15, -0.1) is 0 Å². The quantitative estimate of drug-likeness (QED) is 0.655.